The van der Waals surface area contributed by atoms with Crippen molar-refractivity contribution in [2.45, 2.75) is 6.04 Å². The van der Waals surface area contributed by atoms with Gasteiger partial charge < -0.3 is 10.6 Å². The zero-order chi connectivity index (χ0) is 13.8. The molecule has 0 saturated carbocycles. The average molecular weight is 268 g/mol. The predicted octanol–water partition coefficient (Wildman–Crippen LogP) is 2.09. The first-order valence-electron chi connectivity index (χ1n) is 6.61. The Hall–Kier alpha value is -2.40. The minimum Gasteiger partial charge on any atom is -0.313 e. The molecule has 1 saturated heterocycles. The van der Waals surface area contributed by atoms with Crippen molar-refractivity contribution in [3.8, 4) is 0 Å². The normalized spacial score (nSPS) is 14.4. The topological polar surface area (TPSA) is 57.3 Å². The van der Waals surface area contributed by atoms with Crippen LogP contribution in [0.4, 0.5) is 16.3 Å². The Balaban J connectivity index is 1.80. The Bertz CT molecular complexity index is 569. The molecule has 1 aliphatic heterocycles. The summed E-state index contributed by atoms with van der Waals surface area (Å²) in [4.78, 5) is 18.5. The van der Waals surface area contributed by atoms with Crippen molar-refractivity contribution >= 4 is 17.5 Å². The third kappa shape index (κ3) is 2.62. The Morgan fingerprint density at radius 1 is 1.15 bits per heavy atom. The molecule has 1 aliphatic rings. The standard InChI is InChI=1S/C15H16N4O/c20-15(18-12-6-2-1-3-7-12)19(13-10-16-11-13)14-8-4-5-9-17-14/h1-9,13,16H,10-11H2,(H,18,20). The Kier molecular flexibility index (Phi) is 3.60. The molecular formula is C15H16N4O. The van der Waals surface area contributed by atoms with Crippen LogP contribution in [0.1, 0.15) is 0 Å². The van der Waals surface area contributed by atoms with E-state index in [-0.39, 0.29) is 12.1 Å². The first kappa shape index (κ1) is 12.6. The fourth-order valence-electron chi connectivity index (χ4n) is 2.11. The van der Waals surface area contributed by atoms with Crippen LogP contribution in [0.25, 0.3) is 0 Å². The molecule has 0 spiro atoms. The third-order valence-electron chi connectivity index (χ3n) is 3.27. The molecule has 102 valence electrons. The van der Waals surface area contributed by atoms with Gasteiger partial charge in [0.15, 0.2) is 0 Å². The van der Waals surface area contributed by atoms with E-state index in [1.54, 1.807) is 11.1 Å². The number of benzene rings is 1. The fraction of sp³-hybridized carbons (Fsp3) is 0.200. The molecule has 1 aromatic carbocycles. The number of nitrogens with one attached hydrogen (secondary N) is 2. The van der Waals surface area contributed by atoms with Gasteiger partial charge in [-0.2, -0.15) is 0 Å². The van der Waals surface area contributed by atoms with Crippen LogP contribution >= 0.6 is 0 Å². The smallest absolute Gasteiger partial charge is 0.313 e. The summed E-state index contributed by atoms with van der Waals surface area (Å²) in [5.74, 6) is 0.674. The van der Waals surface area contributed by atoms with Crippen LogP contribution in [0, 0.1) is 0 Å². The molecule has 0 radical (unpaired) electrons. The number of aromatic nitrogens is 1. The number of urea groups is 1. The van der Waals surface area contributed by atoms with E-state index in [9.17, 15) is 4.79 Å². The molecule has 5 heteroatoms. The minimum atomic E-state index is -0.151. The number of carbonyl (C=O) groups is 1. The van der Waals surface area contributed by atoms with Crippen LogP contribution < -0.4 is 15.5 Å². The molecule has 3 rings (SSSR count). The number of anilines is 2. The lowest BCUT2D eigenvalue weighted by molar-refractivity contribution is 0.251. The summed E-state index contributed by atoms with van der Waals surface area (Å²) in [6, 6.07) is 15.0. The second-order valence-electron chi connectivity index (χ2n) is 4.67. The summed E-state index contributed by atoms with van der Waals surface area (Å²) in [5.41, 5.74) is 0.783. The molecule has 2 aromatic rings. The summed E-state index contributed by atoms with van der Waals surface area (Å²) in [5, 5.41) is 6.09. The Labute approximate surface area is 117 Å². The highest BCUT2D eigenvalue weighted by atomic mass is 16.2. The number of hydrogen-bond acceptors (Lipinski definition) is 3. The van der Waals surface area contributed by atoms with Crippen molar-refractivity contribution in [3.05, 3.63) is 54.7 Å². The zero-order valence-corrected chi connectivity index (χ0v) is 11.0. The maximum atomic E-state index is 12.5. The van der Waals surface area contributed by atoms with Gasteiger partial charge in [0.2, 0.25) is 0 Å². The van der Waals surface area contributed by atoms with Gasteiger partial charge in [0, 0.05) is 25.0 Å². The van der Waals surface area contributed by atoms with Gasteiger partial charge in [-0.1, -0.05) is 24.3 Å². The van der Waals surface area contributed by atoms with E-state index in [2.05, 4.69) is 15.6 Å². The number of para-hydroxylation sites is 1. The lowest BCUT2D eigenvalue weighted by Gasteiger charge is -2.37. The molecule has 5 nitrogen and oxygen atoms in total. The molecular weight excluding hydrogens is 252 g/mol. The average Bonchev–Trinajstić information content (AvgIpc) is 2.44. The SMILES string of the molecule is O=C(Nc1ccccc1)N(c1ccccn1)C1CNC1. The van der Waals surface area contributed by atoms with E-state index in [1.165, 1.54) is 0 Å². The van der Waals surface area contributed by atoms with Crippen molar-refractivity contribution in [2.75, 3.05) is 23.3 Å². The van der Waals surface area contributed by atoms with Gasteiger partial charge >= 0.3 is 6.03 Å². The van der Waals surface area contributed by atoms with E-state index in [0.717, 1.165) is 18.8 Å². The maximum Gasteiger partial charge on any atom is 0.327 e. The number of amides is 2. The summed E-state index contributed by atoms with van der Waals surface area (Å²) in [6.07, 6.45) is 1.70. The van der Waals surface area contributed by atoms with Crippen LogP contribution in [0.2, 0.25) is 0 Å². The van der Waals surface area contributed by atoms with Gasteiger partial charge in [0.05, 0.1) is 6.04 Å². The van der Waals surface area contributed by atoms with E-state index >= 15 is 0 Å². The van der Waals surface area contributed by atoms with Gasteiger partial charge in [0.1, 0.15) is 5.82 Å². The van der Waals surface area contributed by atoms with Gasteiger partial charge in [0.25, 0.3) is 0 Å². The first-order chi connectivity index (χ1) is 9.84. The van der Waals surface area contributed by atoms with Gasteiger partial charge in [-0.15, -0.1) is 0 Å². The molecule has 2 heterocycles. The molecule has 0 atom stereocenters. The second kappa shape index (κ2) is 5.71. The van der Waals surface area contributed by atoms with Crippen LogP contribution in [-0.2, 0) is 0 Å². The van der Waals surface area contributed by atoms with Crippen LogP contribution in [0.3, 0.4) is 0 Å². The van der Waals surface area contributed by atoms with Crippen molar-refractivity contribution in [1.29, 1.82) is 0 Å². The molecule has 0 bridgehead atoms. The summed E-state index contributed by atoms with van der Waals surface area (Å²) >= 11 is 0. The van der Waals surface area contributed by atoms with E-state index < -0.39 is 0 Å². The zero-order valence-electron chi connectivity index (χ0n) is 11.0. The van der Waals surface area contributed by atoms with E-state index in [1.807, 2.05) is 48.5 Å². The van der Waals surface area contributed by atoms with Gasteiger partial charge in [-0.3, -0.25) is 4.90 Å². The quantitative estimate of drug-likeness (QED) is 0.896. The van der Waals surface area contributed by atoms with Crippen LogP contribution in [0.15, 0.2) is 54.7 Å². The lowest BCUT2D eigenvalue weighted by atomic mass is 10.1. The molecule has 1 fully saturated rings. The first-order valence-corrected chi connectivity index (χ1v) is 6.61. The Morgan fingerprint density at radius 2 is 1.90 bits per heavy atom. The largest absolute Gasteiger partial charge is 0.327 e. The summed E-state index contributed by atoms with van der Waals surface area (Å²) < 4.78 is 0. The highest BCUT2D eigenvalue weighted by Gasteiger charge is 2.30. The van der Waals surface area contributed by atoms with E-state index in [0.29, 0.717) is 5.82 Å². The number of rotatable bonds is 3. The molecule has 0 aliphatic carbocycles. The summed E-state index contributed by atoms with van der Waals surface area (Å²) in [7, 11) is 0. The molecule has 1 aromatic heterocycles. The van der Waals surface area contributed by atoms with Gasteiger partial charge in [-0.25, -0.2) is 9.78 Å². The number of carbonyl (C=O) groups excluding carboxylic acids is 1. The Morgan fingerprint density at radius 3 is 2.50 bits per heavy atom. The van der Waals surface area contributed by atoms with Crippen molar-refractivity contribution in [3.63, 3.8) is 0 Å². The highest BCUT2D eigenvalue weighted by molar-refractivity contribution is 6.01. The summed E-state index contributed by atoms with van der Waals surface area (Å²) in [6.45, 7) is 1.58. The fourth-order valence-corrected chi connectivity index (χ4v) is 2.11. The second-order valence-corrected chi connectivity index (χ2v) is 4.67. The van der Waals surface area contributed by atoms with E-state index in [4.69, 9.17) is 0 Å². The molecule has 0 unspecified atom stereocenters. The lowest BCUT2D eigenvalue weighted by Crippen LogP contribution is -2.60. The monoisotopic (exact) mass is 268 g/mol. The molecule has 20 heavy (non-hydrogen) atoms. The van der Waals surface area contributed by atoms with Crippen molar-refractivity contribution in [1.82, 2.24) is 10.3 Å². The number of hydrogen-bond donors (Lipinski definition) is 2. The minimum absolute atomic E-state index is 0.147. The maximum absolute atomic E-state index is 12.5. The van der Waals surface area contributed by atoms with Crippen molar-refractivity contribution < 1.29 is 4.79 Å². The predicted molar refractivity (Wildman–Crippen MR) is 78.8 cm³/mol. The molecule has 2 amide bonds. The van der Waals surface area contributed by atoms with Gasteiger partial charge in [-0.05, 0) is 24.3 Å². The van der Waals surface area contributed by atoms with Crippen molar-refractivity contribution in [2.24, 2.45) is 0 Å². The third-order valence-corrected chi connectivity index (χ3v) is 3.27. The number of pyridine rings is 1. The van der Waals surface area contributed by atoms with Crippen LogP contribution in [-0.4, -0.2) is 30.1 Å². The van der Waals surface area contributed by atoms with Crippen LogP contribution in [0.5, 0.6) is 0 Å². The molecule has 2 N–H and O–H groups in total. The highest BCUT2D eigenvalue weighted by Crippen LogP contribution is 2.18. The number of nitrogens with zero attached hydrogens (tertiary/aromatic N) is 2.